The third kappa shape index (κ3) is 3.11. The van der Waals surface area contributed by atoms with Gasteiger partial charge in [0.25, 0.3) is 5.56 Å². The van der Waals surface area contributed by atoms with Gasteiger partial charge in [0, 0.05) is 10.0 Å². The largest absolute Gasteiger partial charge is 0.305 e. The van der Waals surface area contributed by atoms with Crippen LogP contribution in [0.15, 0.2) is 47.3 Å². The Bertz CT molecular complexity index is 1030. The van der Waals surface area contributed by atoms with E-state index in [2.05, 4.69) is 9.97 Å². The fourth-order valence-corrected chi connectivity index (χ4v) is 2.60. The van der Waals surface area contributed by atoms with Crippen molar-refractivity contribution in [3.63, 3.8) is 0 Å². The van der Waals surface area contributed by atoms with Crippen molar-refractivity contribution in [2.45, 2.75) is 0 Å². The van der Waals surface area contributed by atoms with Crippen LogP contribution in [0.25, 0.3) is 22.6 Å². The smallest absolute Gasteiger partial charge is 0.259 e. The maximum absolute atomic E-state index is 12.1. The van der Waals surface area contributed by atoms with Gasteiger partial charge in [-0.15, -0.1) is 0 Å². The molecule has 3 aromatic rings. The fourth-order valence-electron chi connectivity index (χ4n) is 2.14. The summed E-state index contributed by atoms with van der Waals surface area (Å²) < 4.78 is 0. The van der Waals surface area contributed by atoms with Crippen LogP contribution in [0.4, 0.5) is 0 Å². The van der Waals surface area contributed by atoms with Crippen LogP contribution < -0.4 is 5.56 Å². The molecule has 0 atom stereocenters. The number of nitriles is 1. The number of para-hydroxylation sites is 1. The second-order valence-corrected chi connectivity index (χ2v) is 5.61. The van der Waals surface area contributed by atoms with Crippen molar-refractivity contribution in [3.05, 3.63) is 74.3 Å². The van der Waals surface area contributed by atoms with Gasteiger partial charge in [-0.2, -0.15) is 5.26 Å². The first kappa shape index (κ1) is 15.3. The van der Waals surface area contributed by atoms with Crippen LogP contribution in [0, 0.1) is 11.3 Å². The molecule has 0 bridgehead atoms. The minimum atomic E-state index is -0.297. The first-order chi connectivity index (χ1) is 11.1. The van der Waals surface area contributed by atoms with Gasteiger partial charge in [-0.25, -0.2) is 4.98 Å². The zero-order valence-corrected chi connectivity index (χ0v) is 13.2. The number of hydrogen-bond donors (Lipinski definition) is 1. The normalized spacial score (nSPS) is 11.4. The van der Waals surface area contributed by atoms with Gasteiger partial charge in [-0.3, -0.25) is 4.79 Å². The highest BCUT2D eigenvalue weighted by molar-refractivity contribution is 6.35. The Morgan fingerprint density at radius 3 is 2.74 bits per heavy atom. The van der Waals surface area contributed by atoms with Crippen molar-refractivity contribution >= 4 is 45.8 Å². The molecule has 0 aliphatic heterocycles. The van der Waals surface area contributed by atoms with Gasteiger partial charge in [0.2, 0.25) is 0 Å². The molecule has 4 nitrogen and oxygen atoms in total. The molecule has 2 aromatic carbocycles. The van der Waals surface area contributed by atoms with E-state index in [1.165, 1.54) is 0 Å². The van der Waals surface area contributed by atoms with Gasteiger partial charge < -0.3 is 4.98 Å². The number of hydrogen-bond acceptors (Lipinski definition) is 3. The van der Waals surface area contributed by atoms with Crippen molar-refractivity contribution in [2.75, 3.05) is 0 Å². The van der Waals surface area contributed by atoms with Crippen LogP contribution in [-0.4, -0.2) is 9.97 Å². The summed E-state index contributed by atoms with van der Waals surface area (Å²) in [6, 6.07) is 13.9. The summed E-state index contributed by atoms with van der Waals surface area (Å²) >= 11 is 12.0. The zero-order chi connectivity index (χ0) is 16.4. The second kappa shape index (κ2) is 6.25. The Morgan fingerprint density at radius 2 is 2.00 bits per heavy atom. The van der Waals surface area contributed by atoms with E-state index in [1.54, 1.807) is 48.5 Å². The minimum Gasteiger partial charge on any atom is -0.305 e. The Hall–Kier alpha value is -2.61. The maximum atomic E-state index is 12.1. The topological polar surface area (TPSA) is 69.5 Å². The number of nitrogens with zero attached hydrogens (tertiary/aromatic N) is 2. The van der Waals surface area contributed by atoms with Gasteiger partial charge in [0.05, 0.1) is 16.5 Å². The predicted octanol–water partition coefficient (Wildman–Crippen LogP) is 4.29. The highest BCUT2D eigenvalue weighted by atomic mass is 35.5. The van der Waals surface area contributed by atoms with E-state index in [0.29, 0.717) is 26.5 Å². The summed E-state index contributed by atoms with van der Waals surface area (Å²) in [6.07, 6.45) is 1.56. The first-order valence-electron chi connectivity index (χ1n) is 6.65. The molecule has 23 heavy (non-hydrogen) atoms. The fraction of sp³-hybridized carbons (Fsp3) is 0. The standard InChI is InChI=1S/C17H9Cl2N3O/c18-12-6-5-10(14(19)8-12)7-11(9-20)16-21-15-4-2-1-3-13(15)17(23)22-16/h1-8H,(H,21,22,23)/b11-7-. The van der Waals surface area contributed by atoms with E-state index in [0.717, 1.165) is 0 Å². The predicted molar refractivity (Wildman–Crippen MR) is 92.3 cm³/mol. The van der Waals surface area contributed by atoms with Crippen LogP contribution in [0.5, 0.6) is 0 Å². The molecule has 0 saturated carbocycles. The molecule has 1 heterocycles. The Labute approximate surface area is 141 Å². The van der Waals surface area contributed by atoms with Crippen LogP contribution in [0.2, 0.25) is 10.0 Å². The van der Waals surface area contributed by atoms with Crippen LogP contribution in [0.3, 0.4) is 0 Å². The molecule has 112 valence electrons. The Kier molecular flexibility index (Phi) is 4.16. The third-order valence-electron chi connectivity index (χ3n) is 3.25. The highest BCUT2D eigenvalue weighted by Crippen LogP contribution is 2.24. The van der Waals surface area contributed by atoms with E-state index < -0.39 is 0 Å². The van der Waals surface area contributed by atoms with Crippen molar-refractivity contribution in [1.29, 1.82) is 5.26 Å². The summed E-state index contributed by atoms with van der Waals surface area (Å²) in [5.41, 5.74) is 1.05. The summed E-state index contributed by atoms with van der Waals surface area (Å²) in [5, 5.41) is 10.8. The van der Waals surface area contributed by atoms with E-state index in [9.17, 15) is 10.1 Å². The molecule has 3 rings (SSSR count). The van der Waals surface area contributed by atoms with Crippen LogP contribution >= 0.6 is 23.2 Å². The molecule has 1 aromatic heterocycles. The van der Waals surface area contributed by atoms with Crippen LogP contribution in [-0.2, 0) is 0 Å². The number of H-pyrrole nitrogens is 1. The number of rotatable bonds is 2. The second-order valence-electron chi connectivity index (χ2n) is 4.77. The molecule has 0 saturated heterocycles. The van der Waals surface area contributed by atoms with Crippen LogP contribution in [0.1, 0.15) is 11.4 Å². The molecule has 0 fully saturated rings. The van der Waals surface area contributed by atoms with E-state index in [-0.39, 0.29) is 17.0 Å². The lowest BCUT2D eigenvalue weighted by Gasteiger charge is -2.03. The Morgan fingerprint density at radius 1 is 1.22 bits per heavy atom. The number of allylic oxidation sites excluding steroid dienone is 1. The molecule has 0 unspecified atom stereocenters. The lowest BCUT2D eigenvalue weighted by Crippen LogP contribution is -2.11. The van der Waals surface area contributed by atoms with Crippen molar-refractivity contribution in [3.8, 4) is 6.07 Å². The van der Waals surface area contributed by atoms with Gasteiger partial charge >= 0.3 is 0 Å². The van der Waals surface area contributed by atoms with Gasteiger partial charge in [0.1, 0.15) is 6.07 Å². The zero-order valence-electron chi connectivity index (χ0n) is 11.7. The molecule has 6 heteroatoms. The average molecular weight is 342 g/mol. The first-order valence-corrected chi connectivity index (χ1v) is 7.40. The molecule has 0 aliphatic rings. The van der Waals surface area contributed by atoms with Gasteiger partial charge in [-0.1, -0.05) is 41.4 Å². The molecular formula is C17H9Cl2N3O. The monoisotopic (exact) mass is 341 g/mol. The molecule has 0 radical (unpaired) electrons. The summed E-state index contributed by atoms with van der Waals surface area (Å²) in [4.78, 5) is 19.1. The van der Waals surface area contributed by atoms with E-state index >= 15 is 0 Å². The third-order valence-corrected chi connectivity index (χ3v) is 3.81. The van der Waals surface area contributed by atoms with E-state index in [4.69, 9.17) is 23.2 Å². The summed E-state index contributed by atoms with van der Waals surface area (Å²) in [5.74, 6) is 0.196. The minimum absolute atomic E-state index is 0.196. The van der Waals surface area contributed by atoms with E-state index in [1.807, 2.05) is 6.07 Å². The average Bonchev–Trinajstić information content (AvgIpc) is 2.54. The molecule has 0 amide bonds. The lowest BCUT2D eigenvalue weighted by molar-refractivity contribution is 1.13. The number of nitrogens with one attached hydrogen (secondary N) is 1. The summed E-state index contributed by atoms with van der Waals surface area (Å²) in [7, 11) is 0. The van der Waals surface area contributed by atoms with Crippen molar-refractivity contribution in [1.82, 2.24) is 9.97 Å². The van der Waals surface area contributed by atoms with Gasteiger partial charge in [0.15, 0.2) is 5.82 Å². The number of halogens is 2. The number of aromatic amines is 1. The van der Waals surface area contributed by atoms with Crippen molar-refractivity contribution < 1.29 is 0 Å². The van der Waals surface area contributed by atoms with Crippen molar-refractivity contribution in [2.24, 2.45) is 0 Å². The maximum Gasteiger partial charge on any atom is 0.259 e. The molecule has 0 spiro atoms. The number of benzene rings is 2. The summed E-state index contributed by atoms with van der Waals surface area (Å²) in [6.45, 7) is 0. The Balaban J connectivity index is 2.16. The molecule has 1 N–H and O–H groups in total. The highest BCUT2D eigenvalue weighted by Gasteiger charge is 2.09. The molecular weight excluding hydrogens is 333 g/mol. The molecule has 0 aliphatic carbocycles. The van der Waals surface area contributed by atoms with Gasteiger partial charge in [-0.05, 0) is 35.9 Å². The quantitative estimate of drug-likeness (QED) is 0.706. The number of fused-ring (bicyclic) bond motifs is 1. The SMILES string of the molecule is N#C/C(=C/c1ccc(Cl)cc1Cl)c1nc2ccccc2c(=O)[nH]1. The number of aromatic nitrogens is 2. The lowest BCUT2D eigenvalue weighted by atomic mass is 10.1.